The minimum absolute atomic E-state index is 0.406. The van der Waals surface area contributed by atoms with E-state index in [-0.39, 0.29) is 0 Å². The van der Waals surface area contributed by atoms with E-state index in [4.69, 9.17) is 5.11 Å². The molecule has 2 atom stereocenters. The Morgan fingerprint density at radius 2 is 2.31 bits per heavy atom. The molecule has 0 aromatic rings. The molecule has 1 rings (SSSR count). The molecule has 13 heavy (non-hydrogen) atoms. The van der Waals surface area contributed by atoms with Crippen molar-refractivity contribution >= 4 is 5.97 Å². The molecular weight excluding hydrogens is 168 g/mol. The Labute approximate surface area is 78.1 Å². The van der Waals surface area contributed by atoms with Gasteiger partial charge in [-0.05, 0) is 33.1 Å². The Hall–Kier alpha value is -0.830. The van der Waals surface area contributed by atoms with Crippen LogP contribution in [0.25, 0.3) is 0 Å². The molecule has 0 spiro atoms. The number of aliphatic carboxylic acids is 1. The molecule has 0 saturated heterocycles. The molecular formula is C10H16O3. The van der Waals surface area contributed by atoms with Crippen LogP contribution in [-0.4, -0.2) is 21.8 Å². The van der Waals surface area contributed by atoms with Crippen LogP contribution in [0, 0.1) is 5.92 Å². The minimum atomic E-state index is -0.784. The van der Waals surface area contributed by atoms with Crippen molar-refractivity contribution in [2.24, 2.45) is 5.92 Å². The smallest absolute Gasteiger partial charge is 0.310 e. The lowest BCUT2D eigenvalue weighted by Gasteiger charge is -2.28. The summed E-state index contributed by atoms with van der Waals surface area (Å²) in [5.41, 5.74) is 0.306. The first-order chi connectivity index (χ1) is 5.92. The highest BCUT2D eigenvalue weighted by molar-refractivity contribution is 5.73. The molecule has 1 aliphatic rings. The van der Waals surface area contributed by atoms with Crippen molar-refractivity contribution in [3.05, 3.63) is 11.6 Å². The van der Waals surface area contributed by atoms with Gasteiger partial charge in [-0.3, -0.25) is 4.79 Å². The molecule has 0 amide bonds. The molecule has 0 aromatic heterocycles. The fourth-order valence-corrected chi connectivity index (χ4v) is 1.52. The van der Waals surface area contributed by atoms with E-state index in [1.54, 1.807) is 13.8 Å². The van der Waals surface area contributed by atoms with Crippen molar-refractivity contribution < 1.29 is 15.0 Å². The number of hydrogen-bond donors (Lipinski definition) is 2. The summed E-state index contributed by atoms with van der Waals surface area (Å²) in [7, 11) is 0. The lowest BCUT2D eigenvalue weighted by molar-refractivity contribution is -0.140. The van der Waals surface area contributed by atoms with Gasteiger partial charge in [0.25, 0.3) is 0 Å². The second-order valence-corrected chi connectivity index (χ2v) is 4.04. The van der Waals surface area contributed by atoms with E-state index < -0.39 is 17.5 Å². The second-order valence-electron chi connectivity index (χ2n) is 4.04. The van der Waals surface area contributed by atoms with Gasteiger partial charge in [0.1, 0.15) is 0 Å². The van der Waals surface area contributed by atoms with Crippen LogP contribution >= 0.6 is 0 Å². The first-order valence-corrected chi connectivity index (χ1v) is 4.56. The highest BCUT2D eigenvalue weighted by Crippen LogP contribution is 2.30. The monoisotopic (exact) mass is 184 g/mol. The van der Waals surface area contributed by atoms with Gasteiger partial charge in [-0.1, -0.05) is 11.6 Å². The summed E-state index contributed by atoms with van der Waals surface area (Å²) < 4.78 is 0. The Morgan fingerprint density at radius 3 is 2.69 bits per heavy atom. The van der Waals surface area contributed by atoms with Crippen LogP contribution in [0.5, 0.6) is 0 Å². The largest absolute Gasteiger partial charge is 0.481 e. The average Bonchev–Trinajstić information content (AvgIpc) is 2.03. The van der Waals surface area contributed by atoms with Gasteiger partial charge in [-0.15, -0.1) is 0 Å². The summed E-state index contributed by atoms with van der Waals surface area (Å²) in [4.78, 5) is 10.7. The van der Waals surface area contributed by atoms with Crippen molar-refractivity contribution in [3.63, 3.8) is 0 Å². The van der Waals surface area contributed by atoms with Crippen LogP contribution in [-0.2, 0) is 4.79 Å². The maximum absolute atomic E-state index is 10.7. The Bertz CT molecular complexity index is 241. The molecule has 0 heterocycles. The van der Waals surface area contributed by atoms with Crippen molar-refractivity contribution in [2.45, 2.75) is 38.7 Å². The maximum Gasteiger partial charge on any atom is 0.310 e. The van der Waals surface area contributed by atoms with Crippen molar-refractivity contribution in [3.8, 4) is 0 Å². The first-order valence-electron chi connectivity index (χ1n) is 4.56. The average molecular weight is 184 g/mol. The number of hydrogen-bond acceptors (Lipinski definition) is 2. The zero-order valence-corrected chi connectivity index (χ0v) is 8.08. The van der Waals surface area contributed by atoms with E-state index in [1.165, 1.54) is 0 Å². The van der Waals surface area contributed by atoms with Gasteiger partial charge in [0.05, 0.1) is 11.5 Å². The lowest BCUT2D eigenvalue weighted by atomic mass is 9.83. The van der Waals surface area contributed by atoms with E-state index in [2.05, 4.69) is 0 Å². The van der Waals surface area contributed by atoms with Crippen molar-refractivity contribution in [2.75, 3.05) is 0 Å². The molecule has 74 valence electrons. The highest BCUT2D eigenvalue weighted by Gasteiger charge is 2.27. The zero-order chi connectivity index (χ0) is 10.1. The molecule has 0 aromatic carbocycles. The minimum Gasteiger partial charge on any atom is -0.481 e. The predicted octanol–water partition coefficient (Wildman–Crippen LogP) is 1.57. The lowest BCUT2D eigenvalue weighted by Crippen LogP contribution is -2.28. The third-order valence-electron chi connectivity index (χ3n) is 2.68. The molecule has 0 bridgehead atoms. The summed E-state index contributed by atoms with van der Waals surface area (Å²) in [5, 5.41) is 18.4. The van der Waals surface area contributed by atoms with E-state index in [9.17, 15) is 9.90 Å². The molecule has 3 nitrogen and oxygen atoms in total. The summed E-state index contributed by atoms with van der Waals surface area (Å²) >= 11 is 0. The zero-order valence-electron chi connectivity index (χ0n) is 8.08. The van der Waals surface area contributed by atoms with E-state index >= 15 is 0 Å². The molecule has 2 N–H and O–H groups in total. The number of carboxylic acids is 1. The van der Waals surface area contributed by atoms with Crippen LogP contribution in [0.15, 0.2) is 11.6 Å². The third-order valence-corrected chi connectivity index (χ3v) is 2.68. The maximum atomic E-state index is 10.7. The third kappa shape index (κ3) is 2.56. The first kappa shape index (κ1) is 10.3. The van der Waals surface area contributed by atoms with E-state index in [0.717, 1.165) is 5.57 Å². The van der Waals surface area contributed by atoms with Crippen LogP contribution in [0.1, 0.15) is 33.1 Å². The fraction of sp³-hybridized carbons (Fsp3) is 0.700. The van der Waals surface area contributed by atoms with Crippen LogP contribution in [0.4, 0.5) is 0 Å². The van der Waals surface area contributed by atoms with E-state index in [0.29, 0.717) is 19.3 Å². The SMILES string of the molecule is C[C@@H](C(=O)O)C1=CCC(C)(O)CC1. The second kappa shape index (κ2) is 3.50. The van der Waals surface area contributed by atoms with Gasteiger partial charge in [0.2, 0.25) is 0 Å². The summed E-state index contributed by atoms with van der Waals surface area (Å²) in [6.45, 7) is 3.47. The quantitative estimate of drug-likeness (QED) is 0.640. The number of aliphatic hydroxyl groups is 1. The standard InChI is InChI=1S/C10H16O3/c1-7(9(11)12)8-3-5-10(2,13)6-4-8/h3,7,13H,4-6H2,1-2H3,(H,11,12)/t7-,10?/m1/s1. The van der Waals surface area contributed by atoms with Crippen LogP contribution in [0.3, 0.4) is 0 Å². The number of rotatable bonds is 2. The molecule has 0 aliphatic heterocycles. The highest BCUT2D eigenvalue weighted by atomic mass is 16.4. The Morgan fingerprint density at radius 1 is 1.69 bits per heavy atom. The predicted molar refractivity (Wildman–Crippen MR) is 49.4 cm³/mol. The van der Waals surface area contributed by atoms with Crippen molar-refractivity contribution in [1.29, 1.82) is 0 Å². The molecule has 3 heteroatoms. The molecule has 1 unspecified atom stereocenters. The topological polar surface area (TPSA) is 57.5 Å². The van der Waals surface area contributed by atoms with Crippen LogP contribution in [0.2, 0.25) is 0 Å². The summed E-state index contributed by atoms with van der Waals surface area (Å²) in [6.07, 6.45) is 3.79. The molecule has 0 fully saturated rings. The number of carbonyl (C=O) groups is 1. The van der Waals surface area contributed by atoms with Gasteiger partial charge in [0, 0.05) is 0 Å². The van der Waals surface area contributed by atoms with Crippen LogP contribution < -0.4 is 0 Å². The van der Waals surface area contributed by atoms with Gasteiger partial charge < -0.3 is 10.2 Å². The molecule has 0 saturated carbocycles. The molecule has 1 aliphatic carbocycles. The Balaban J connectivity index is 2.65. The summed E-state index contributed by atoms with van der Waals surface area (Å²) in [5.74, 6) is -1.19. The Kier molecular flexibility index (Phi) is 2.76. The van der Waals surface area contributed by atoms with Gasteiger partial charge in [-0.2, -0.15) is 0 Å². The number of carboxylic acid groups (broad SMARTS) is 1. The normalized spacial score (nSPS) is 30.8. The van der Waals surface area contributed by atoms with Gasteiger partial charge >= 0.3 is 5.97 Å². The van der Waals surface area contributed by atoms with Crippen molar-refractivity contribution in [1.82, 2.24) is 0 Å². The van der Waals surface area contributed by atoms with Gasteiger partial charge in [-0.25, -0.2) is 0 Å². The summed E-state index contributed by atoms with van der Waals surface area (Å²) in [6, 6.07) is 0. The van der Waals surface area contributed by atoms with E-state index in [1.807, 2.05) is 6.08 Å². The molecule has 0 radical (unpaired) electrons. The fourth-order valence-electron chi connectivity index (χ4n) is 1.52. The van der Waals surface area contributed by atoms with Gasteiger partial charge in [0.15, 0.2) is 0 Å².